The number of fused-ring (bicyclic) bond motifs is 1. The number of rotatable bonds is 10. The van der Waals surface area contributed by atoms with Crippen LogP contribution in [0.3, 0.4) is 0 Å². The fourth-order valence-corrected chi connectivity index (χ4v) is 7.40. The first-order chi connectivity index (χ1) is 16.6. The molecule has 0 aromatic carbocycles. The van der Waals surface area contributed by atoms with Gasteiger partial charge in [0.1, 0.15) is 17.6 Å². The predicted molar refractivity (Wildman–Crippen MR) is 137 cm³/mol. The SMILES string of the molecule is C=CCN(C(=O)C1N(CCCO)C(=O)[C@@H]2[C@@H](C(=O)OCC)[C@]3(C)OC12CC3C)C(C)(C)CC(C)(C)C. The van der Waals surface area contributed by atoms with E-state index in [0.717, 1.165) is 6.42 Å². The smallest absolute Gasteiger partial charge is 0.312 e. The van der Waals surface area contributed by atoms with Crippen LogP contribution in [-0.4, -0.2) is 81.8 Å². The summed E-state index contributed by atoms with van der Waals surface area (Å²) < 4.78 is 12.1. The zero-order valence-electron chi connectivity index (χ0n) is 23.4. The monoisotopic (exact) mass is 506 g/mol. The zero-order valence-corrected chi connectivity index (χ0v) is 23.4. The summed E-state index contributed by atoms with van der Waals surface area (Å²) in [6.45, 7) is 20.7. The van der Waals surface area contributed by atoms with E-state index in [0.29, 0.717) is 19.4 Å². The zero-order chi connectivity index (χ0) is 27.3. The number of nitrogens with zero attached hydrogens (tertiary/aromatic N) is 2. The van der Waals surface area contributed by atoms with Crippen LogP contribution in [0.15, 0.2) is 12.7 Å². The van der Waals surface area contributed by atoms with Crippen LogP contribution in [0.2, 0.25) is 0 Å². The molecular weight excluding hydrogens is 460 g/mol. The number of aliphatic hydroxyl groups excluding tert-OH is 1. The molecule has 2 bridgehead atoms. The summed E-state index contributed by atoms with van der Waals surface area (Å²) in [6, 6.07) is -0.885. The van der Waals surface area contributed by atoms with Gasteiger partial charge < -0.3 is 24.4 Å². The molecule has 204 valence electrons. The standard InChI is InChI=1S/C28H46N2O6/c1-10-13-30(26(7,8)17-25(4,5)6)23(33)21-28-16-18(3)27(9,36-28)20(24(34)35-11-2)19(28)22(32)29(21)14-12-15-31/h10,18-21,31H,1,11-17H2,2-9H3/t18?,19-,20-,21?,27+,28?/m0/s1. The van der Waals surface area contributed by atoms with Crippen molar-refractivity contribution in [1.82, 2.24) is 9.80 Å². The first-order valence-corrected chi connectivity index (χ1v) is 13.3. The van der Waals surface area contributed by atoms with Gasteiger partial charge >= 0.3 is 5.97 Å². The number of aliphatic hydroxyl groups is 1. The summed E-state index contributed by atoms with van der Waals surface area (Å²) in [7, 11) is 0. The fraction of sp³-hybridized carbons (Fsp3) is 0.821. The number of likely N-dealkylation sites (tertiary alicyclic amines) is 1. The maximum atomic E-state index is 14.6. The second-order valence-electron chi connectivity index (χ2n) is 12.9. The minimum atomic E-state index is -1.12. The summed E-state index contributed by atoms with van der Waals surface area (Å²) in [5, 5.41) is 9.56. The molecule has 0 aliphatic carbocycles. The van der Waals surface area contributed by atoms with Crippen molar-refractivity contribution in [3.8, 4) is 0 Å². The maximum absolute atomic E-state index is 14.6. The van der Waals surface area contributed by atoms with Crippen LogP contribution in [0.25, 0.3) is 0 Å². The third-order valence-electron chi connectivity index (χ3n) is 8.42. The second kappa shape index (κ2) is 9.75. The molecule has 3 fully saturated rings. The van der Waals surface area contributed by atoms with E-state index in [1.165, 1.54) is 0 Å². The molecule has 1 N–H and O–H groups in total. The highest BCUT2D eigenvalue weighted by molar-refractivity contribution is 5.98. The summed E-state index contributed by atoms with van der Waals surface area (Å²) in [6.07, 6.45) is 3.30. The van der Waals surface area contributed by atoms with E-state index in [9.17, 15) is 19.5 Å². The fourth-order valence-electron chi connectivity index (χ4n) is 7.40. The Labute approximate surface area is 216 Å². The molecule has 3 saturated heterocycles. The van der Waals surface area contributed by atoms with Gasteiger partial charge in [-0.1, -0.05) is 33.8 Å². The quantitative estimate of drug-likeness (QED) is 0.361. The van der Waals surface area contributed by atoms with Gasteiger partial charge in [0, 0.05) is 25.2 Å². The highest BCUT2D eigenvalue weighted by Crippen LogP contribution is 2.65. The topological polar surface area (TPSA) is 96.4 Å². The number of ether oxygens (including phenoxy) is 2. The molecule has 6 atom stereocenters. The lowest BCUT2D eigenvalue weighted by atomic mass is 9.62. The third kappa shape index (κ3) is 4.49. The molecule has 0 aromatic heterocycles. The normalized spacial score (nSPS) is 33.6. The molecule has 8 nitrogen and oxygen atoms in total. The molecule has 3 rings (SSSR count). The van der Waals surface area contributed by atoms with Crippen molar-refractivity contribution in [2.45, 2.75) is 97.4 Å². The number of hydrogen-bond acceptors (Lipinski definition) is 6. The van der Waals surface area contributed by atoms with Crippen LogP contribution in [0, 0.1) is 23.2 Å². The molecule has 0 radical (unpaired) electrons. The predicted octanol–water partition coefficient (Wildman–Crippen LogP) is 3.17. The van der Waals surface area contributed by atoms with Crippen molar-refractivity contribution in [3.05, 3.63) is 12.7 Å². The van der Waals surface area contributed by atoms with Gasteiger partial charge in [-0.05, 0) is 58.3 Å². The average molecular weight is 507 g/mol. The van der Waals surface area contributed by atoms with Crippen LogP contribution in [0.1, 0.15) is 74.7 Å². The molecule has 3 aliphatic heterocycles. The van der Waals surface area contributed by atoms with E-state index in [1.807, 2.05) is 32.6 Å². The molecule has 2 amide bonds. The number of carbonyl (C=O) groups excluding carboxylic acids is 3. The number of carbonyl (C=O) groups is 3. The summed E-state index contributed by atoms with van der Waals surface area (Å²) >= 11 is 0. The molecule has 0 aromatic rings. The Morgan fingerprint density at radius 3 is 2.47 bits per heavy atom. The van der Waals surface area contributed by atoms with E-state index >= 15 is 0 Å². The Hall–Kier alpha value is -1.93. The molecule has 0 saturated carbocycles. The minimum Gasteiger partial charge on any atom is -0.466 e. The first kappa shape index (κ1) is 28.6. The molecule has 3 aliphatic rings. The molecule has 36 heavy (non-hydrogen) atoms. The summed E-state index contributed by atoms with van der Waals surface area (Å²) in [5.74, 6) is -2.51. The van der Waals surface area contributed by atoms with Gasteiger partial charge in [0.05, 0.1) is 18.1 Å². The summed E-state index contributed by atoms with van der Waals surface area (Å²) in [4.78, 5) is 45.1. The van der Waals surface area contributed by atoms with E-state index in [1.54, 1.807) is 17.9 Å². The van der Waals surface area contributed by atoms with Gasteiger partial charge in [0.2, 0.25) is 11.8 Å². The highest BCUT2D eigenvalue weighted by Gasteiger charge is 2.80. The van der Waals surface area contributed by atoms with Crippen molar-refractivity contribution in [2.75, 3.05) is 26.3 Å². The molecule has 3 heterocycles. The van der Waals surface area contributed by atoms with Gasteiger partial charge in [-0.3, -0.25) is 14.4 Å². The van der Waals surface area contributed by atoms with Crippen molar-refractivity contribution >= 4 is 17.8 Å². The third-order valence-corrected chi connectivity index (χ3v) is 8.42. The highest BCUT2D eigenvalue weighted by atomic mass is 16.6. The van der Waals surface area contributed by atoms with Gasteiger partial charge in [-0.15, -0.1) is 6.58 Å². The van der Waals surface area contributed by atoms with Crippen LogP contribution in [0.4, 0.5) is 0 Å². The Morgan fingerprint density at radius 2 is 1.94 bits per heavy atom. The first-order valence-electron chi connectivity index (χ1n) is 13.3. The Balaban J connectivity index is 2.13. The number of amides is 2. The Morgan fingerprint density at radius 1 is 1.31 bits per heavy atom. The van der Waals surface area contributed by atoms with Gasteiger partial charge in [-0.25, -0.2) is 0 Å². The lowest BCUT2D eigenvalue weighted by molar-refractivity contribution is -0.163. The lowest BCUT2D eigenvalue weighted by Gasteiger charge is -2.45. The van der Waals surface area contributed by atoms with E-state index < -0.39 is 40.6 Å². The molecular formula is C28H46N2O6. The van der Waals surface area contributed by atoms with E-state index in [4.69, 9.17) is 9.47 Å². The largest absolute Gasteiger partial charge is 0.466 e. The maximum Gasteiger partial charge on any atom is 0.312 e. The van der Waals surface area contributed by atoms with Crippen LogP contribution in [0.5, 0.6) is 0 Å². The average Bonchev–Trinajstić information content (AvgIpc) is 3.25. The Bertz CT molecular complexity index is 895. The van der Waals surface area contributed by atoms with Gasteiger partial charge in [0.15, 0.2) is 0 Å². The second-order valence-corrected chi connectivity index (χ2v) is 12.9. The number of esters is 1. The molecule has 3 unspecified atom stereocenters. The van der Waals surface area contributed by atoms with E-state index in [2.05, 4.69) is 27.4 Å². The van der Waals surface area contributed by atoms with Gasteiger partial charge in [0.25, 0.3) is 0 Å². The van der Waals surface area contributed by atoms with Crippen LogP contribution in [-0.2, 0) is 23.9 Å². The van der Waals surface area contributed by atoms with Crippen LogP contribution >= 0.6 is 0 Å². The Kier molecular flexibility index (Phi) is 7.75. The molecule has 8 heteroatoms. The van der Waals surface area contributed by atoms with Gasteiger partial charge in [-0.2, -0.15) is 0 Å². The minimum absolute atomic E-state index is 0.0363. The van der Waals surface area contributed by atoms with Crippen molar-refractivity contribution in [2.24, 2.45) is 23.2 Å². The van der Waals surface area contributed by atoms with Crippen molar-refractivity contribution in [3.63, 3.8) is 0 Å². The summed E-state index contributed by atoms with van der Waals surface area (Å²) in [5.41, 5.74) is -2.56. The van der Waals surface area contributed by atoms with Crippen molar-refractivity contribution in [1.29, 1.82) is 0 Å². The lowest BCUT2D eigenvalue weighted by Crippen LogP contribution is -2.61. The van der Waals surface area contributed by atoms with Crippen molar-refractivity contribution < 1.29 is 29.0 Å². The molecule has 1 spiro atoms. The van der Waals surface area contributed by atoms with Crippen LogP contribution < -0.4 is 0 Å². The van der Waals surface area contributed by atoms with E-state index in [-0.39, 0.29) is 42.9 Å². The number of hydrogen-bond donors (Lipinski definition) is 1.